The van der Waals surface area contributed by atoms with Crippen LogP contribution >= 0.6 is 0 Å². The lowest BCUT2D eigenvalue weighted by molar-refractivity contribution is -0.144. The number of rotatable bonds is 1. The van der Waals surface area contributed by atoms with E-state index in [4.69, 9.17) is 9.84 Å². The number of benzene rings is 8. The van der Waals surface area contributed by atoms with Gasteiger partial charge in [0.15, 0.2) is 6.10 Å². The molecule has 2 aliphatic carbocycles. The first-order valence-corrected chi connectivity index (χ1v) is 16.9. The summed E-state index contributed by atoms with van der Waals surface area (Å²) in [6.07, 6.45) is 0.720. The molecule has 1 N–H and O–H groups in total. The quantitative estimate of drug-likeness (QED) is 0.182. The summed E-state index contributed by atoms with van der Waals surface area (Å²) in [5.74, 6) is -0.259. The average Bonchev–Trinajstić information content (AvgIpc) is 3.61. The normalized spacial score (nSPS) is 12.4. The number of hydrogen-bond donors (Lipinski definition) is 1. The first-order chi connectivity index (χ1) is 24.0. The molecule has 8 aromatic rings. The van der Waals surface area contributed by atoms with Crippen LogP contribution in [0.1, 0.15) is 42.2 Å². The number of ether oxygens (including phenoxy) is 1. The molecule has 10 rings (SSSR count). The second-order valence-corrected chi connectivity index (χ2v) is 12.8. The molecule has 8 aromatic carbocycles. The number of aliphatic hydroxyl groups excluding tert-OH is 1. The summed E-state index contributed by atoms with van der Waals surface area (Å²) >= 11 is 0. The SMILES string of the molecule is CC(=O)OC1c2cc3ccccc3cc2-c2cc3ccccc3cc21.CCO.c1ccc2cc3c(cc2c1)Cc1cc2ccccc2cc1-3. The van der Waals surface area contributed by atoms with Gasteiger partial charge >= 0.3 is 5.97 Å². The van der Waals surface area contributed by atoms with E-state index in [1.165, 1.54) is 61.5 Å². The molecular weight excluding hydrogens is 601 g/mol. The zero-order chi connectivity index (χ0) is 33.5. The molecule has 3 nitrogen and oxygen atoms in total. The highest BCUT2D eigenvalue weighted by molar-refractivity contribution is 5.98. The van der Waals surface area contributed by atoms with Crippen LogP contribution in [0, 0.1) is 0 Å². The summed E-state index contributed by atoms with van der Waals surface area (Å²) in [5.41, 5.74) is 10.2. The van der Waals surface area contributed by atoms with E-state index in [9.17, 15) is 4.79 Å². The Hall–Kier alpha value is -5.77. The Labute approximate surface area is 286 Å². The molecule has 0 bridgehead atoms. The minimum atomic E-state index is -0.336. The number of hydrogen-bond acceptors (Lipinski definition) is 3. The smallest absolute Gasteiger partial charge is 0.303 e. The first-order valence-electron chi connectivity index (χ1n) is 16.9. The lowest BCUT2D eigenvalue weighted by Gasteiger charge is -2.14. The number of carbonyl (C=O) groups is 1. The molecule has 0 spiro atoms. The van der Waals surface area contributed by atoms with Gasteiger partial charge in [0.05, 0.1) is 0 Å². The van der Waals surface area contributed by atoms with Gasteiger partial charge in [0.1, 0.15) is 0 Å². The van der Waals surface area contributed by atoms with Gasteiger partial charge in [-0.05, 0) is 126 Å². The highest BCUT2D eigenvalue weighted by atomic mass is 16.5. The standard InChI is InChI=1S/C23H16O2.C21H14.C2H6O/c1-14(24)25-23-21-12-17-8-4-2-6-15(17)10-19(21)20-11-16-7-3-5-9-18(16)13-22(20)23;1-3-7-16-12-20-18(9-14(16)5-1)11-19-10-15-6-2-4-8-17(15)13-21(19)20;1-2-3/h2-13,23H,1H3;1-10,12-13H,11H2;3H,2H2,1H3. The van der Waals surface area contributed by atoms with Crippen molar-refractivity contribution in [3.05, 3.63) is 168 Å². The molecule has 2 aliphatic rings. The zero-order valence-corrected chi connectivity index (χ0v) is 27.6. The zero-order valence-electron chi connectivity index (χ0n) is 27.6. The molecule has 0 atom stereocenters. The number of fused-ring (bicyclic) bond motifs is 10. The van der Waals surface area contributed by atoms with Crippen LogP contribution < -0.4 is 0 Å². The Morgan fingerprint density at radius 2 is 0.816 bits per heavy atom. The maximum Gasteiger partial charge on any atom is 0.303 e. The first kappa shape index (κ1) is 30.6. The maximum absolute atomic E-state index is 11.7. The van der Waals surface area contributed by atoms with Crippen LogP contribution in [-0.2, 0) is 16.0 Å². The van der Waals surface area contributed by atoms with Gasteiger partial charge in [-0.1, -0.05) is 109 Å². The summed E-state index contributed by atoms with van der Waals surface area (Å²) in [5, 5.41) is 17.6. The van der Waals surface area contributed by atoms with Crippen molar-refractivity contribution in [3.8, 4) is 22.3 Å². The minimum Gasteiger partial charge on any atom is -0.453 e. The predicted octanol–water partition coefficient (Wildman–Crippen LogP) is 11.2. The van der Waals surface area contributed by atoms with Gasteiger partial charge in [0.2, 0.25) is 0 Å². The van der Waals surface area contributed by atoms with Crippen molar-refractivity contribution >= 4 is 49.1 Å². The lowest BCUT2D eigenvalue weighted by Crippen LogP contribution is -2.07. The van der Waals surface area contributed by atoms with Crippen molar-refractivity contribution in [2.75, 3.05) is 6.61 Å². The van der Waals surface area contributed by atoms with Crippen LogP contribution in [0.2, 0.25) is 0 Å². The van der Waals surface area contributed by atoms with E-state index < -0.39 is 0 Å². The molecule has 0 saturated heterocycles. The van der Waals surface area contributed by atoms with Crippen molar-refractivity contribution in [1.82, 2.24) is 0 Å². The molecule has 0 radical (unpaired) electrons. The van der Waals surface area contributed by atoms with Gasteiger partial charge < -0.3 is 9.84 Å². The van der Waals surface area contributed by atoms with Crippen LogP contribution in [0.5, 0.6) is 0 Å². The van der Waals surface area contributed by atoms with Crippen molar-refractivity contribution in [2.24, 2.45) is 0 Å². The molecule has 238 valence electrons. The Morgan fingerprint density at radius 1 is 0.531 bits per heavy atom. The number of aliphatic hydroxyl groups is 1. The Kier molecular flexibility index (Phi) is 7.91. The Bertz CT molecular complexity index is 2380. The highest BCUT2D eigenvalue weighted by Gasteiger charge is 2.32. The van der Waals surface area contributed by atoms with E-state index in [0.717, 1.165) is 39.4 Å². The molecule has 3 heteroatoms. The van der Waals surface area contributed by atoms with E-state index in [1.54, 1.807) is 6.92 Å². The highest BCUT2D eigenvalue weighted by Crippen LogP contribution is 2.48. The summed E-state index contributed by atoms with van der Waals surface area (Å²) in [6, 6.07) is 52.0. The third-order valence-electron chi connectivity index (χ3n) is 9.59. The second kappa shape index (κ2) is 12.7. The van der Waals surface area contributed by atoms with Crippen LogP contribution in [0.25, 0.3) is 65.3 Å². The maximum atomic E-state index is 11.7. The summed E-state index contributed by atoms with van der Waals surface area (Å²) in [7, 11) is 0. The van der Waals surface area contributed by atoms with Crippen molar-refractivity contribution in [2.45, 2.75) is 26.4 Å². The van der Waals surface area contributed by atoms with Gasteiger partial charge in [-0.15, -0.1) is 0 Å². The third-order valence-corrected chi connectivity index (χ3v) is 9.59. The molecule has 0 unspecified atom stereocenters. The van der Waals surface area contributed by atoms with Crippen LogP contribution in [0.3, 0.4) is 0 Å². The molecule has 0 fully saturated rings. The predicted molar refractivity (Wildman–Crippen MR) is 203 cm³/mol. The van der Waals surface area contributed by atoms with E-state index in [-0.39, 0.29) is 18.7 Å². The largest absolute Gasteiger partial charge is 0.453 e. The van der Waals surface area contributed by atoms with Gasteiger partial charge in [-0.2, -0.15) is 0 Å². The van der Waals surface area contributed by atoms with Gasteiger partial charge in [-0.3, -0.25) is 4.79 Å². The molecule has 0 saturated carbocycles. The molecular formula is C46H36O3. The van der Waals surface area contributed by atoms with Gasteiger partial charge in [0, 0.05) is 24.7 Å². The van der Waals surface area contributed by atoms with Crippen LogP contribution in [-0.4, -0.2) is 17.7 Å². The molecule has 0 heterocycles. The number of esters is 1. The summed E-state index contributed by atoms with van der Waals surface area (Å²) in [4.78, 5) is 11.7. The van der Waals surface area contributed by atoms with Crippen molar-refractivity contribution in [1.29, 1.82) is 0 Å². The fourth-order valence-corrected chi connectivity index (χ4v) is 7.45. The van der Waals surface area contributed by atoms with E-state index in [2.05, 4.69) is 133 Å². The Balaban J connectivity index is 0.000000133. The van der Waals surface area contributed by atoms with Gasteiger partial charge in [-0.25, -0.2) is 0 Å². The summed E-state index contributed by atoms with van der Waals surface area (Å²) in [6.45, 7) is 3.40. The molecule has 0 amide bonds. The fourth-order valence-electron chi connectivity index (χ4n) is 7.45. The van der Waals surface area contributed by atoms with Crippen LogP contribution in [0.15, 0.2) is 146 Å². The summed E-state index contributed by atoms with van der Waals surface area (Å²) < 4.78 is 5.72. The topological polar surface area (TPSA) is 46.5 Å². The lowest BCUT2D eigenvalue weighted by atomic mass is 9.99. The van der Waals surface area contributed by atoms with Gasteiger partial charge in [0.25, 0.3) is 0 Å². The fraction of sp³-hybridized carbons (Fsp3) is 0.109. The average molecular weight is 637 g/mol. The second-order valence-electron chi connectivity index (χ2n) is 12.8. The monoisotopic (exact) mass is 636 g/mol. The third kappa shape index (κ3) is 5.62. The van der Waals surface area contributed by atoms with E-state index in [1.807, 2.05) is 12.1 Å². The van der Waals surface area contributed by atoms with E-state index in [0.29, 0.717) is 0 Å². The molecule has 49 heavy (non-hydrogen) atoms. The molecule has 0 aromatic heterocycles. The van der Waals surface area contributed by atoms with E-state index >= 15 is 0 Å². The van der Waals surface area contributed by atoms with Crippen LogP contribution in [0.4, 0.5) is 0 Å². The Morgan fingerprint density at radius 3 is 1.14 bits per heavy atom. The molecule has 0 aliphatic heterocycles. The van der Waals surface area contributed by atoms with Crippen molar-refractivity contribution < 1.29 is 14.6 Å². The van der Waals surface area contributed by atoms with Crippen molar-refractivity contribution in [3.63, 3.8) is 0 Å². The number of carbonyl (C=O) groups excluding carboxylic acids is 1. The minimum absolute atomic E-state index is 0.250.